The Balaban J connectivity index is 2.24. The first-order valence-corrected chi connectivity index (χ1v) is 7.30. The van der Waals surface area contributed by atoms with E-state index in [1.54, 1.807) is 12.1 Å². The number of rotatable bonds is 5. The van der Waals surface area contributed by atoms with Crippen molar-refractivity contribution >= 4 is 24.4 Å². The number of amides is 1. The first kappa shape index (κ1) is 14.7. The number of nitrogens with zero attached hydrogens (tertiary/aromatic N) is 1. The average molecular weight is 285 g/mol. The van der Waals surface area contributed by atoms with Crippen LogP contribution in [0.15, 0.2) is 54.6 Å². The van der Waals surface area contributed by atoms with Crippen molar-refractivity contribution < 1.29 is 4.79 Å². The molecule has 0 fully saturated rings. The molecule has 2 rings (SSSR count). The second kappa shape index (κ2) is 7.15. The number of carbonyl (C=O) groups is 1. The van der Waals surface area contributed by atoms with Crippen molar-refractivity contribution in [2.24, 2.45) is 0 Å². The zero-order valence-corrected chi connectivity index (χ0v) is 12.5. The van der Waals surface area contributed by atoms with Crippen LogP contribution in [0.2, 0.25) is 0 Å². The number of benzene rings is 2. The quantitative estimate of drug-likeness (QED) is 0.801. The van der Waals surface area contributed by atoms with Gasteiger partial charge in [-0.3, -0.25) is 9.10 Å². The molecule has 0 aliphatic carbocycles. The van der Waals surface area contributed by atoms with Gasteiger partial charge in [0, 0.05) is 5.56 Å². The van der Waals surface area contributed by atoms with Gasteiger partial charge in [0.25, 0.3) is 5.91 Å². The van der Waals surface area contributed by atoms with Crippen LogP contribution in [0.4, 0.5) is 5.69 Å². The van der Waals surface area contributed by atoms with E-state index in [9.17, 15) is 4.79 Å². The van der Waals surface area contributed by atoms with Gasteiger partial charge in [-0.2, -0.15) is 0 Å². The number of anilines is 1. The normalized spacial score (nSPS) is 10.3. The Hall–Kier alpha value is -1.74. The monoisotopic (exact) mass is 285 g/mol. The highest BCUT2D eigenvalue weighted by Crippen LogP contribution is 2.25. The number of aryl methyl sites for hydroxylation is 1. The summed E-state index contributed by atoms with van der Waals surface area (Å²) in [4.78, 5) is 12.4. The van der Waals surface area contributed by atoms with Crippen LogP contribution in [-0.2, 0) is 6.42 Å². The van der Waals surface area contributed by atoms with Gasteiger partial charge >= 0.3 is 0 Å². The molecule has 0 N–H and O–H groups in total. The van der Waals surface area contributed by atoms with E-state index < -0.39 is 0 Å². The van der Waals surface area contributed by atoms with Crippen molar-refractivity contribution in [1.82, 2.24) is 0 Å². The van der Waals surface area contributed by atoms with E-state index in [0.717, 1.165) is 30.5 Å². The molecule has 0 spiro atoms. The van der Waals surface area contributed by atoms with E-state index in [1.165, 1.54) is 4.31 Å². The molecule has 0 saturated carbocycles. The molecular formula is C17H19NOS. The molecule has 3 heteroatoms. The second-order valence-corrected chi connectivity index (χ2v) is 5.12. The maximum absolute atomic E-state index is 12.4. The lowest BCUT2D eigenvalue weighted by Gasteiger charge is -2.19. The van der Waals surface area contributed by atoms with Crippen LogP contribution >= 0.6 is 12.8 Å². The van der Waals surface area contributed by atoms with Crippen LogP contribution in [-0.4, -0.2) is 5.91 Å². The summed E-state index contributed by atoms with van der Waals surface area (Å²) in [5.74, 6) is -0.0992. The molecule has 0 saturated heterocycles. The summed E-state index contributed by atoms with van der Waals surface area (Å²) in [6, 6.07) is 17.2. The van der Waals surface area contributed by atoms with Crippen molar-refractivity contribution in [2.45, 2.75) is 26.2 Å². The van der Waals surface area contributed by atoms with E-state index in [1.807, 2.05) is 36.4 Å². The molecule has 0 atom stereocenters. The van der Waals surface area contributed by atoms with Gasteiger partial charge < -0.3 is 0 Å². The molecule has 0 bridgehead atoms. The summed E-state index contributed by atoms with van der Waals surface area (Å²) in [6.07, 6.45) is 3.21. The minimum atomic E-state index is -0.0992. The Morgan fingerprint density at radius 3 is 2.40 bits per heavy atom. The van der Waals surface area contributed by atoms with Crippen molar-refractivity contribution in [1.29, 1.82) is 0 Å². The predicted octanol–water partition coefficient (Wildman–Crippen LogP) is 4.52. The average Bonchev–Trinajstić information content (AvgIpc) is 2.52. The minimum absolute atomic E-state index is 0.0992. The van der Waals surface area contributed by atoms with Crippen LogP contribution in [0.1, 0.15) is 35.7 Å². The van der Waals surface area contributed by atoms with Crippen LogP contribution in [0.3, 0.4) is 0 Å². The molecule has 0 radical (unpaired) electrons. The van der Waals surface area contributed by atoms with Gasteiger partial charge in [-0.1, -0.05) is 62.6 Å². The SMILES string of the molecule is CCCCc1ccccc1N(S)C(=O)c1ccccc1. The summed E-state index contributed by atoms with van der Waals surface area (Å²) in [5, 5.41) is 0. The fourth-order valence-corrected chi connectivity index (χ4v) is 2.42. The third-order valence-electron chi connectivity index (χ3n) is 3.23. The van der Waals surface area contributed by atoms with E-state index >= 15 is 0 Å². The summed E-state index contributed by atoms with van der Waals surface area (Å²) in [6.45, 7) is 2.16. The summed E-state index contributed by atoms with van der Waals surface area (Å²) >= 11 is 4.40. The van der Waals surface area contributed by atoms with E-state index in [4.69, 9.17) is 0 Å². The van der Waals surface area contributed by atoms with Crippen LogP contribution < -0.4 is 4.31 Å². The van der Waals surface area contributed by atoms with Gasteiger partial charge in [0.1, 0.15) is 0 Å². The second-order valence-electron chi connectivity index (χ2n) is 4.72. The van der Waals surface area contributed by atoms with Crippen LogP contribution in [0.25, 0.3) is 0 Å². The standard InChI is InChI=1S/C17H19NOS/c1-2-3-9-14-10-7-8-13-16(14)18(20)17(19)15-11-5-4-6-12-15/h4-8,10-13,20H,2-3,9H2,1H3. The van der Waals surface area contributed by atoms with Gasteiger partial charge in [-0.15, -0.1) is 0 Å². The van der Waals surface area contributed by atoms with Crippen molar-refractivity contribution in [3.8, 4) is 0 Å². The zero-order chi connectivity index (χ0) is 14.4. The fraction of sp³-hybridized carbons (Fsp3) is 0.235. The first-order valence-electron chi connectivity index (χ1n) is 6.90. The maximum atomic E-state index is 12.4. The van der Waals surface area contributed by atoms with Gasteiger partial charge in [0.2, 0.25) is 0 Å². The minimum Gasteiger partial charge on any atom is -0.268 e. The molecule has 0 aliphatic heterocycles. The highest BCUT2D eigenvalue weighted by atomic mass is 32.1. The molecule has 2 aromatic carbocycles. The molecule has 104 valence electrons. The summed E-state index contributed by atoms with van der Waals surface area (Å²) in [5.41, 5.74) is 2.68. The Morgan fingerprint density at radius 2 is 1.70 bits per heavy atom. The van der Waals surface area contributed by atoms with Crippen LogP contribution in [0.5, 0.6) is 0 Å². The third-order valence-corrected chi connectivity index (χ3v) is 3.63. The van der Waals surface area contributed by atoms with E-state index in [-0.39, 0.29) is 5.91 Å². The smallest absolute Gasteiger partial charge is 0.268 e. The lowest BCUT2D eigenvalue weighted by molar-refractivity contribution is 0.101. The largest absolute Gasteiger partial charge is 0.268 e. The number of hydrogen-bond donors (Lipinski definition) is 1. The van der Waals surface area contributed by atoms with Gasteiger partial charge in [0.15, 0.2) is 0 Å². The molecule has 2 aromatic rings. The summed E-state index contributed by atoms with van der Waals surface area (Å²) in [7, 11) is 0. The molecule has 0 unspecified atom stereocenters. The maximum Gasteiger partial charge on any atom is 0.268 e. The fourth-order valence-electron chi connectivity index (χ4n) is 2.11. The topological polar surface area (TPSA) is 20.3 Å². The molecule has 1 amide bonds. The first-order chi connectivity index (χ1) is 9.74. The van der Waals surface area contributed by atoms with E-state index in [2.05, 4.69) is 25.8 Å². The number of unbranched alkanes of at least 4 members (excludes halogenated alkanes) is 1. The molecular weight excluding hydrogens is 266 g/mol. The van der Waals surface area contributed by atoms with Crippen molar-refractivity contribution in [2.75, 3.05) is 4.31 Å². The Bertz CT molecular complexity index is 568. The molecule has 0 aliphatic rings. The molecule has 0 aromatic heterocycles. The lowest BCUT2D eigenvalue weighted by Crippen LogP contribution is -2.22. The Labute approximate surface area is 126 Å². The van der Waals surface area contributed by atoms with Crippen LogP contribution in [0, 0.1) is 0 Å². The molecule has 0 heterocycles. The highest BCUT2D eigenvalue weighted by molar-refractivity contribution is 7.82. The zero-order valence-electron chi connectivity index (χ0n) is 11.6. The highest BCUT2D eigenvalue weighted by Gasteiger charge is 2.16. The van der Waals surface area contributed by atoms with Crippen molar-refractivity contribution in [3.63, 3.8) is 0 Å². The number of para-hydroxylation sites is 1. The van der Waals surface area contributed by atoms with Gasteiger partial charge in [0.05, 0.1) is 5.69 Å². The molecule has 20 heavy (non-hydrogen) atoms. The number of carbonyl (C=O) groups excluding carboxylic acids is 1. The number of thiol groups is 1. The Morgan fingerprint density at radius 1 is 1.05 bits per heavy atom. The van der Waals surface area contributed by atoms with Gasteiger partial charge in [-0.25, -0.2) is 0 Å². The predicted molar refractivity (Wildman–Crippen MR) is 87.3 cm³/mol. The Kier molecular flexibility index (Phi) is 5.24. The summed E-state index contributed by atoms with van der Waals surface area (Å²) < 4.78 is 1.44. The lowest BCUT2D eigenvalue weighted by atomic mass is 10.1. The van der Waals surface area contributed by atoms with Crippen molar-refractivity contribution in [3.05, 3.63) is 65.7 Å². The number of hydrogen-bond acceptors (Lipinski definition) is 2. The van der Waals surface area contributed by atoms with E-state index in [0.29, 0.717) is 5.56 Å². The third kappa shape index (κ3) is 3.42. The molecule has 2 nitrogen and oxygen atoms in total. The van der Waals surface area contributed by atoms with Gasteiger partial charge in [-0.05, 0) is 36.6 Å².